The van der Waals surface area contributed by atoms with E-state index in [1.807, 2.05) is 42.5 Å². The third-order valence-corrected chi connectivity index (χ3v) is 19.3. The zero-order chi connectivity index (χ0) is 48.5. The summed E-state index contributed by atoms with van der Waals surface area (Å²) >= 11 is 0. The van der Waals surface area contributed by atoms with Gasteiger partial charge in [-0.05, 0) is 164 Å². The minimum atomic E-state index is -4.91. The largest absolute Gasteiger partial charge is 1.00 e. The molecule has 3 fully saturated rings. The number of aryl methyl sites for hydroxylation is 1. The van der Waals surface area contributed by atoms with Gasteiger partial charge >= 0.3 is 29.6 Å². The summed E-state index contributed by atoms with van der Waals surface area (Å²) in [4.78, 5) is 5.20. The van der Waals surface area contributed by atoms with Gasteiger partial charge in [0, 0.05) is 41.6 Å². The fourth-order valence-electron chi connectivity index (χ4n) is 14.9. The van der Waals surface area contributed by atoms with Crippen LogP contribution in [0.4, 0.5) is 0 Å². The Morgan fingerprint density at radius 1 is 0.944 bits per heavy atom. The number of nitrogens with zero attached hydrogens (tertiary/aromatic N) is 1. The van der Waals surface area contributed by atoms with Gasteiger partial charge in [-0.3, -0.25) is 0 Å². The second-order valence-electron chi connectivity index (χ2n) is 22.0. The number of nitrogens with two attached hydrogens (primary N) is 2. The molecular formula is C58H66N3NaO8S. The number of guanidine groups is 1. The molecule has 0 spiro atoms. The molecule has 0 radical (unpaired) electrons. The molecule has 4 aromatic rings. The first-order chi connectivity index (χ1) is 33.7. The molecule has 0 amide bonds. The Morgan fingerprint density at radius 2 is 1.73 bits per heavy atom. The van der Waals surface area contributed by atoms with E-state index in [1.165, 1.54) is 0 Å². The van der Waals surface area contributed by atoms with Crippen molar-refractivity contribution in [1.82, 2.24) is 0 Å². The van der Waals surface area contributed by atoms with Gasteiger partial charge in [-0.25, -0.2) is 13.4 Å². The molecule has 2 saturated carbocycles. The Bertz CT molecular complexity index is 2860. The van der Waals surface area contributed by atoms with E-state index in [-0.39, 0.29) is 102 Å². The maximum Gasteiger partial charge on any atom is 1.00 e. The van der Waals surface area contributed by atoms with E-state index in [2.05, 4.69) is 61.2 Å². The van der Waals surface area contributed by atoms with Crippen LogP contribution in [-0.2, 0) is 33.4 Å². The predicted octanol–water partition coefficient (Wildman–Crippen LogP) is 5.62. The molecule has 9 aliphatic rings. The number of ether oxygens (including phenoxy) is 2. The Balaban J connectivity index is 0.00000582. The van der Waals surface area contributed by atoms with Crippen molar-refractivity contribution in [2.75, 3.05) is 6.61 Å². The van der Waals surface area contributed by atoms with E-state index < -0.39 is 44.6 Å². The monoisotopic (exact) mass is 987 g/mol. The molecule has 368 valence electrons. The number of phenolic OH excluding ortho intramolecular Hbond substituents is 1. The maximum atomic E-state index is 14.2. The summed E-state index contributed by atoms with van der Waals surface area (Å²) < 4.78 is 57.3. The first kappa shape index (κ1) is 50.4. The standard InChI is InChI=1S/C58H67N3O8S.Na/c1-34-12-13-39-29-45-20-22-47(39)49(34)32-53(70(65,66)67)50-31-41-27-40(30-46-25-36(33-62)9-5-10-38-28-44(63)19-21-48(38)55(41)68-46)54(50)37-14-16-43(17-15-37)58(69-45,61-56(59)60)51-23-18-42-11-6-24-57(42,64)52(51)26-35-7-3-2-4-8-35;/h2-4,7-8,14-17,19-22,28-29,31,34,36,40,42,46,49-55,62-64H,6,9,11-13,18,23-27,30,32-33H2,1H3,(H4,59,60,61)(H,65,66,67);/q;+1/p-1/t34-,36-,40+,42-,46+,49-,50+,51-,52-,53+,54-,55+,57+,58+;/m0./s1. The van der Waals surface area contributed by atoms with Gasteiger partial charge in [0.05, 0.1) is 27.1 Å². The van der Waals surface area contributed by atoms with Gasteiger partial charge in [0.15, 0.2) is 5.96 Å². The van der Waals surface area contributed by atoms with Crippen LogP contribution in [0.1, 0.15) is 134 Å². The van der Waals surface area contributed by atoms with Crippen molar-refractivity contribution in [3.63, 3.8) is 0 Å². The van der Waals surface area contributed by atoms with Crippen LogP contribution in [0, 0.1) is 53.3 Å². The molecule has 1 saturated heterocycles. The summed E-state index contributed by atoms with van der Waals surface area (Å²) in [6, 6.07) is 29.7. The van der Waals surface area contributed by atoms with E-state index in [0.717, 1.165) is 71.1 Å². The van der Waals surface area contributed by atoms with Gasteiger partial charge in [-0.15, -0.1) is 0 Å². The van der Waals surface area contributed by atoms with Gasteiger partial charge in [-0.2, -0.15) is 0 Å². The molecule has 71 heavy (non-hydrogen) atoms. The average Bonchev–Trinajstić information content (AvgIpc) is 3.67. The minimum absolute atomic E-state index is 0. The second-order valence-corrected chi connectivity index (χ2v) is 23.6. The Morgan fingerprint density at radius 3 is 2.49 bits per heavy atom. The van der Waals surface area contributed by atoms with Crippen LogP contribution in [0.15, 0.2) is 108 Å². The average molecular weight is 988 g/mol. The Hall–Kier alpha value is -4.16. The van der Waals surface area contributed by atoms with E-state index in [4.69, 9.17) is 25.9 Å². The number of aliphatic hydroxyl groups is 2. The van der Waals surface area contributed by atoms with E-state index >= 15 is 0 Å². The quantitative estimate of drug-likeness (QED) is 0.0404. The van der Waals surface area contributed by atoms with E-state index in [9.17, 15) is 28.3 Å². The Labute approximate surface area is 441 Å². The molecule has 7 N–H and O–H groups in total. The second kappa shape index (κ2) is 19.9. The van der Waals surface area contributed by atoms with Gasteiger partial charge in [0.1, 0.15) is 17.6 Å². The number of fused-ring (bicyclic) bond motifs is 10. The van der Waals surface area contributed by atoms with Crippen molar-refractivity contribution in [2.45, 2.75) is 131 Å². The Kier molecular flexibility index (Phi) is 14.1. The number of phenols is 1. The third-order valence-electron chi connectivity index (χ3n) is 18.1. The molecular weight excluding hydrogens is 922 g/mol. The van der Waals surface area contributed by atoms with Crippen molar-refractivity contribution < 1.29 is 67.3 Å². The molecule has 14 atom stereocenters. The molecule has 0 unspecified atom stereocenters. The van der Waals surface area contributed by atoms with E-state index in [1.54, 1.807) is 12.1 Å². The fourth-order valence-corrected chi connectivity index (χ4v) is 15.9. The molecule has 4 aliphatic carbocycles. The number of aliphatic hydroxyl groups excluding tert-OH is 1. The van der Waals surface area contributed by atoms with Crippen LogP contribution in [-0.4, -0.2) is 57.8 Å². The molecule has 10 bridgehead atoms. The molecule has 0 aromatic heterocycles. The van der Waals surface area contributed by atoms with Crippen LogP contribution < -0.4 is 45.8 Å². The summed E-state index contributed by atoms with van der Waals surface area (Å²) in [6.07, 6.45) is 9.65. The molecule has 13 rings (SSSR count). The van der Waals surface area contributed by atoms with Crippen molar-refractivity contribution >= 4 is 16.1 Å². The normalized spacial score (nSPS) is 34.9. The van der Waals surface area contributed by atoms with Crippen molar-refractivity contribution in [3.8, 4) is 23.3 Å². The van der Waals surface area contributed by atoms with Gasteiger partial charge in [0.2, 0.25) is 5.72 Å². The number of allylic oxidation sites excluding steroid dienone is 1. The molecule has 13 heteroatoms. The number of aromatic hydroxyl groups is 1. The van der Waals surface area contributed by atoms with Crippen LogP contribution in [0.2, 0.25) is 0 Å². The molecule has 5 aliphatic heterocycles. The summed E-state index contributed by atoms with van der Waals surface area (Å²) in [5.74, 6) is 4.96. The summed E-state index contributed by atoms with van der Waals surface area (Å²) in [6.45, 7) is 2.09. The SMILES string of the molecule is C[C@H]1CCc2cc3ccc2[C@H]1C[C@@H](S(=O)(=O)[O-])[C@H]1C=C2C[C@H](C[C@H]4C[C@@H](CO)CC#Cc5cc(O)ccc5[C@@H]2O4)[C@@H]1c1ccc(cc1)[C@](N=C(N)N)([C@H]1CC[C@@H]2CCC[C@]2(O)[C@H]1Cc1ccccc1)O3.[Na+]. The van der Waals surface area contributed by atoms with Crippen LogP contribution in [0.3, 0.4) is 0 Å². The number of hydrogen-bond donors (Lipinski definition) is 5. The predicted molar refractivity (Wildman–Crippen MR) is 267 cm³/mol. The van der Waals surface area contributed by atoms with Crippen molar-refractivity contribution in [1.29, 1.82) is 0 Å². The van der Waals surface area contributed by atoms with Gasteiger partial charge in [0.25, 0.3) is 0 Å². The van der Waals surface area contributed by atoms with Crippen molar-refractivity contribution in [3.05, 3.63) is 142 Å². The first-order valence-corrected chi connectivity index (χ1v) is 27.2. The fraction of sp³-hybridized carbons (Fsp3) is 0.500. The maximum absolute atomic E-state index is 14.2. The number of aliphatic imine (C=N–C) groups is 1. The van der Waals surface area contributed by atoms with Gasteiger partial charge < -0.3 is 40.8 Å². The number of benzene rings is 4. The zero-order valence-corrected chi connectivity index (χ0v) is 43.8. The smallest absolute Gasteiger partial charge is 0.748 e. The van der Waals surface area contributed by atoms with Crippen LogP contribution in [0.25, 0.3) is 0 Å². The van der Waals surface area contributed by atoms with Crippen molar-refractivity contribution in [2.24, 2.45) is 57.9 Å². The topological polar surface area (TPSA) is 201 Å². The van der Waals surface area contributed by atoms with E-state index in [0.29, 0.717) is 56.3 Å². The zero-order valence-electron chi connectivity index (χ0n) is 41.0. The number of rotatable bonds is 6. The molecule has 5 heterocycles. The van der Waals surface area contributed by atoms with Crippen LogP contribution >= 0.6 is 0 Å². The van der Waals surface area contributed by atoms with Gasteiger partial charge in [-0.1, -0.05) is 98.0 Å². The third kappa shape index (κ3) is 9.41. The summed E-state index contributed by atoms with van der Waals surface area (Å²) in [7, 11) is -4.91. The van der Waals surface area contributed by atoms with Crippen LogP contribution in [0.5, 0.6) is 11.5 Å². The molecule has 11 nitrogen and oxygen atoms in total. The summed E-state index contributed by atoms with van der Waals surface area (Å²) in [5.41, 5.74) is 17.7. The molecule has 4 aromatic carbocycles. The first-order valence-electron chi connectivity index (χ1n) is 25.7. The summed E-state index contributed by atoms with van der Waals surface area (Å²) in [5, 5.41) is 33.0. The minimum Gasteiger partial charge on any atom is -0.748 e. The number of hydrogen-bond acceptors (Lipinski definition) is 9.